The normalized spacial score (nSPS) is 14.9. The first kappa shape index (κ1) is 11.7. The molecule has 1 heterocycles. The minimum absolute atomic E-state index is 1.03. The molecular weight excluding hydrogens is 266 g/mol. The number of hydrogen-bond donors (Lipinski definition) is 1. The van der Waals surface area contributed by atoms with Crippen molar-refractivity contribution < 1.29 is 0 Å². The second kappa shape index (κ2) is 5.06. The maximum atomic E-state index is 3.53. The van der Waals surface area contributed by atoms with Crippen molar-refractivity contribution >= 4 is 27.3 Å². The van der Waals surface area contributed by atoms with Gasteiger partial charge in [-0.25, -0.2) is 0 Å². The lowest BCUT2D eigenvalue weighted by Crippen LogP contribution is -2.38. The Balaban J connectivity index is 2.15. The first-order valence-electron chi connectivity index (χ1n) is 5.60. The predicted molar refractivity (Wildman–Crippen MR) is 73.4 cm³/mol. The van der Waals surface area contributed by atoms with Gasteiger partial charge in [0.15, 0.2) is 0 Å². The molecule has 0 fully saturated rings. The van der Waals surface area contributed by atoms with Crippen LogP contribution in [-0.2, 0) is 0 Å². The molecule has 2 rings (SSSR count). The first-order valence-corrected chi connectivity index (χ1v) is 6.39. The summed E-state index contributed by atoms with van der Waals surface area (Å²) in [5, 5.41) is 3.43. The molecule has 4 heteroatoms. The van der Waals surface area contributed by atoms with Gasteiger partial charge in [0.05, 0.1) is 11.4 Å². The molecule has 1 aromatic carbocycles. The third-order valence-electron chi connectivity index (χ3n) is 2.81. The number of fused-ring (bicyclic) bond motifs is 1. The van der Waals surface area contributed by atoms with Gasteiger partial charge in [-0.05, 0) is 32.3 Å². The van der Waals surface area contributed by atoms with Crippen molar-refractivity contribution in [3.8, 4) is 0 Å². The van der Waals surface area contributed by atoms with E-state index in [-0.39, 0.29) is 0 Å². The molecule has 0 saturated heterocycles. The molecule has 88 valence electrons. The molecule has 0 spiro atoms. The average Bonchev–Trinajstić information content (AvgIpc) is 2.26. The zero-order chi connectivity index (χ0) is 11.5. The highest BCUT2D eigenvalue weighted by Crippen LogP contribution is 2.31. The van der Waals surface area contributed by atoms with Gasteiger partial charge in [-0.2, -0.15) is 0 Å². The molecule has 0 amide bonds. The van der Waals surface area contributed by atoms with Crippen LogP contribution in [-0.4, -0.2) is 45.2 Å². The van der Waals surface area contributed by atoms with E-state index in [0.29, 0.717) is 0 Å². The Morgan fingerprint density at radius 2 is 2.25 bits per heavy atom. The van der Waals surface area contributed by atoms with Crippen molar-refractivity contribution in [2.75, 3.05) is 50.5 Å². The summed E-state index contributed by atoms with van der Waals surface area (Å²) < 4.78 is 1.14. The number of rotatable bonds is 3. The topological polar surface area (TPSA) is 18.5 Å². The summed E-state index contributed by atoms with van der Waals surface area (Å²) in [6.07, 6.45) is 0. The van der Waals surface area contributed by atoms with Crippen molar-refractivity contribution in [3.05, 3.63) is 22.7 Å². The van der Waals surface area contributed by atoms with Gasteiger partial charge in [-0.1, -0.05) is 15.9 Å². The number of nitrogens with zero attached hydrogens (tertiary/aromatic N) is 2. The van der Waals surface area contributed by atoms with Crippen LogP contribution >= 0.6 is 15.9 Å². The Morgan fingerprint density at radius 1 is 1.44 bits per heavy atom. The molecule has 0 saturated carbocycles. The van der Waals surface area contributed by atoms with Gasteiger partial charge in [0.25, 0.3) is 0 Å². The fraction of sp³-hybridized carbons (Fsp3) is 0.500. The molecular formula is C12H18BrN3. The monoisotopic (exact) mass is 283 g/mol. The fourth-order valence-electron chi connectivity index (χ4n) is 1.91. The van der Waals surface area contributed by atoms with Crippen LogP contribution in [0.15, 0.2) is 22.7 Å². The number of benzene rings is 1. The third-order valence-corrected chi connectivity index (χ3v) is 3.31. The average molecular weight is 284 g/mol. The van der Waals surface area contributed by atoms with Crippen LogP contribution in [0.1, 0.15) is 0 Å². The molecule has 1 N–H and O–H groups in total. The molecule has 1 aromatic rings. The molecule has 0 bridgehead atoms. The predicted octanol–water partition coefficient (Wildman–Crippen LogP) is 2.24. The van der Waals surface area contributed by atoms with E-state index in [4.69, 9.17) is 0 Å². The van der Waals surface area contributed by atoms with Gasteiger partial charge in [0, 0.05) is 30.7 Å². The van der Waals surface area contributed by atoms with Gasteiger partial charge in [0.2, 0.25) is 0 Å². The van der Waals surface area contributed by atoms with E-state index in [1.54, 1.807) is 0 Å². The summed E-state index contributed by atoms with van der Waals surface area (Å²) in [4.78, 5) is 4.66. The molecule has 0 unspecified atom stereocenters. The van der Waals surface area contributed by atoms with E-state index in [2.05, 4.69) is 63.3 Å². The highest BCUT2D eigenvalue weighted by molar-refractivity contribution is 9.10. The smallest absolute Gasteiger partial charge is 0.0614 e. The summed E-state index contributed by atoms with van der Waals surface area (Å²) in [6.45, 7) is 4.28. The molecule has 0 aromatic heterocycles. The van der Waals surface area contributed by atoms with E-state index >= 15 is 0 Å². The van der Waals surface area contributed by atoms with E-state index in [9.17, 15) is 0 Å². The maximum absolute atomic E-state index is 3.53. The Labute approximate surface area is 106 Å². The Bertz CT molecular complexity index is 365. The molecule has 0 atom stereocenters. The van der Waals surface area contributed by atoms with Gasteiger partial charge in [0.1, 0.15) is 0 Å². The molecule has 1 aliphatic heterocycles. The van der Waals surface area contributed by atoms with Crippen molar-refractivity contribution in [2.24, 2.45) is 0 Å². The second-order valence-electron chi connectivity index (χ2n) is 4.38. The highest BCUT2D eigenvalue weighted by Gasteiger charge is 2.16. The van der Waals surface area contributed by atoms with Crippen LogP contribution in [0.5, 0.6) is 0 Å². The van der Waals surface area contributed by atoms with Crippen molar-refractivity contribution in [3.63, 3.8) is 0 Å². The SMILES string of the molecule is CN(C)CCN1CCNc2ccc(Br)cc21. The van der Waals surface area contributed by atoms with E-state index < -0.39 is 0 Å². The maximum Gasteiger partial charge on any atom is 0.0614 e. The van der Waals surface area contributed by atoms with Gasteiger partial charge in [-0.15, -0.1) is 0 Å². The third kappa shape index (κ3) is 2.68. The van der Waals surface area contributed by atoms with Gasteiger partial charge in [-0.3, -0.25) is 0 Å². The Morgan fingerprint density at radius 3 is 3.00 bits per heavy atom. The van der Waals surface area contributed by atoms with Crippen LogP contribution in [0.4, 0.5) is 11.4 Å². The lowest BCUT2D eigenvalue weighted by molar-refractivity contribution is 0.413. The molecule has 0 radical (unpaired) electrons. The van der Waals surface area contributed by atoms with Crippen LogP contribution in [0.25, 0.3) is 0 Å². The van der Waals surface area contributed by atoms with Gasteiger partial charge >= 0.3 is 0 Å². The largest absolute Gasteiger partial charge is 0.382 e. The lowest BCUT2D eigenvalue weighted by atomic mass is 10.2. The van der Waals surface area contributed by atoms with Crippen LogP contribution in [0.2, 0.25) is 0 Å². The van der Waals surface area contributed by atoms with Crippen molar-refractivity contribution in [1.29, 1.82) is 0 Å². The summed E-state index contributed by atoms with van der Waals surface area (Å²) in [5.41, 5.74) is 2.55. The number of halogens is 1. The number of hydrogen-bond acceptors (Lipinski definition) is 3. The minimum Gasteiger partial charge on any atom is -0.382 e. The highest BCUT2D eigenvalue weighted by atomic mass is 79.9. The summed E-state index contributed by atoms with van der Waals surface area (Å²) in [6, 6.07) is 6.42. The van der Waals surface area contributed by atoms with E-state index in [1.165, 1.54) is 11.4 Å². The fourth-order valence-corrected chi connectivity index (χ4v) is 2.26. The van der Waals surface area contributed by atoms with Crippen molar-refractivity contribution in [2.45, 2.75) is 0 Å². The number of likely N-dealkylation sites (N-methyl/N-ethyl adjacent to an activating group) is 1. The summed E-state index contributed by atoms with van der Waals surface area (Å²) in [5.74, 6) is 0. The van der Waals surface area contributed by atoms with E-state index in [0.717, 1.165) is 30.7 Å². The van der Waals surface area contributed by atoms with E-state index in [1.807, 2.05) is 0 Å². The lowest BCUT2D eigenvalue weighted by Gasteiger charge is -2.33. The Kier molecular flexibility index (Phi) is 3.71. The van der Waals surface area contributed by atoms with Crippen LogP contribution in [0.3, 0.4) is 0 Å². The summed E-state index contributed by atoms with van der Waals surface area (Å²) >= 11 is 3.53. The zero-order valence-electron chi connectivity index (χ0n) is 9.83. The second-order valence-corrected chi connectivity index (χ2v) is 5.29. The van der Waals surface area contributed by atoms with Crippen molar-refractivity contribution in [1.82, 2.24) is 4.90 Å². The first-order chi connectivity index (χ1) is 7.66. The van der Waals surface area contributed by atoms with Gasteiger partial charge < -0.3 is 15.1 Å². The molecule has 16 heavy (non-hydrogen) atoms. The zero-order valence-corrected chi connectivity index (χ0v) is 11.4. The van der Waals surface area contributed by atoms with Crippen LogP contribution < -0.4 is 10.2 Å². The summed E-state index contributed by atoms with van der Waals surface area (Å²) in [7, 11) is 4.23. The molecule has 3 nitrogen and oxygen atoms in total. The molecule has 1 aliphatic rings. The van der Waals surface area contributed by atoms with Crippen LogP contribution in [0, 0.1) is 0 Å². The number of nitrogens with one attached hydrogen (secondary N) is 1. The molecule has 0 aliphatic carbocycles. The quantitative estimate of drug-likeness (QED) is 0.918. The standard InChI is InChI=1S/C12H18BrN3/c1-15(2)7-8-16-6-5-14-11-4-3-10(13)9-12(11)16/h3-4,9,14H,5-8H2,1-2H3. The minimum atomic E-state index is 1.03. The Hall–Kier alpha value is -0.740. The number of anilines is 2.